The molecule has 136 valence electrons. The molecule has 0 aromatic heterocycles. The number of benzene rings is 1. The Bertz CT molecular complexity index is 797. The fraction of sp³-hybridized carbons (Fsp3) is 0.400. The van der Waals surface area contributed by atoms with Gasteiger partial charge in [-0.3, -0.25) is 14.3 Å². The average Bonchev–Trinajstić information content (AvgIpc) is 2.56. The van der Waals surface area contributed by atoms with E-state index in [1.165, 1.54) is 6.92 Å². The summed E-state index contributed by atoms with van der Waals surface area (Å²) in [4.78, 5) is 20.3. The maximum atomic E-state index is 11.7. The Morgan fingerprint density at radius 2 is 1.96 bits per heavy atom. The summed E-state index contributed by atoms with van der Waals surface area (Å²) in [5, 5.41) is 15.6. The zero-order valence-corrected chi connectivity index (χ0v) is 17.5. The summed E-state index contributed by atoms with van der Waals surface area (Å²) in [6, 6.07) is 7.34. The Morgan fingerprint density at radius 1 is 1.35 bits per heavy atom. The summed E-state index contributed by atoms with van der Waals surface area (Å²) in [6.45, 7) is 3.12. The van der Waals surface area contributed by atoms with Gasteiger partial charge in [0.1, 0.15) is 12.6 Å². The number of β-lactam (4-membered cyclic amide) rings is 1. The second-order valence-electron chi connectivity index (χ2n) is 5.45. The van der Waals surface area contributed by atoms with Gasteiger partial charge in [0.25, 0.3) is 5.91 Å². The van der Waals surface area contributed by atoms with Crippen LogP contribution in [-0.2, 0) is 19.9 Å². The Labute approximate surface area is 173 Å². The van der Waals surface area contributed by atoms with Crippen LogP contribution in [0.5, 0.6) is 0 Å². The van der Waals surface area contributed by atoms with Crippen LogP contribution < -0.4 is 34.7 Å². The summed E-state index contributed by atoms with van der Waals surface area (Å²) in [7, 11) is -4.62. The van der Waals surface area contributed by atoms with Crippen molar-refractivity contribution >= 4 is 27.8 Å². The SMILES string of the molecule is C/C(=N\OCCC([O-])=N[C@@H]1C(=O)N(S(=O)(=O)O)[C@H]1C)c1ccccc1.[Na+]. The third-order valence-electron chi connectivity index (χ3n) is 3.63. The van der Waals surface area contributed by atoms with Gasteiger partial charge in [-0.05, 0) is 25.3 Å². The van der Waals surface area contributed by atoms with Gasteiger partial charge in [-0.15, -0.1) is 0 Å². The van der Waals surface area contributed by atoms with Gasteiger partial charge in [0.15, 0.2) is 0 Å². The number of carbonyl (C=O) groups is 1. The third-order valence-corrected chi connectivity index (χ3v) is 4.64. The molecule has 1 amide bonds. The van der Waals surface area contributed by atoms with Crippen molar-refractivity contribution < 1.29 is 57.3 Å². The molecule has 1 N–H and O–H groups in total. The van der Waals surface area contributed by atoms with Gasteiger partial charge in [0.05, 0.1) is 11.8 Å². The molecule has 9 nitrogen and oxygen atoms in total. The quantitative estimate of drug-likeness (QED) is 0.100. The van der Waals surface area contributed by atoms with Crippen LogP contribution in [-0.4, -0.2) is 53.5 Å². The molecule has 0 saturated carbocycles. The van der Waals surface area contributed by atoms with E-state index < -0.39 is 34.2 Å². The molecule has 1 aromatic carbocycles. The molecule has 1 saturated heterocycles. The van der Waals surface area contributed by atoms with Crippen molar-refractivity contribution in [2.75, 3.05) is 6.61 Å². The van der Waals surface area contributed by atoms with Gasteiger partial charge in [0.2, 0.25) is 0 Å². The summed E-state index contributed by atoms with van der Waals surface area (Å²) in [6.07, 6.45) is -0.103. The van der Waals surface area contributed by atoms with E-state index >= 15 is 0 Å². The first-order valence-corrected chi connectivity index (χ1v) is 8.88. The van der Waals surface area contributed by atoms with E-state index in [4.69, 9.17) is 9.39 Å². The van der Waals surface area contributed by atoms with E-state index in [2.05, 4.69) is 10.1 Å². The Morgan fingerprint density at radius 3 is 2.50 bits per heavy atom. The van der Waals surface area contributed by atoms with Crippen LogP contribution in [0.2, 0.25) is 0 Å². The second-order valence-corrected chi connectivity index (χ2v) is 6.74. The fourth-order valence-corrected chi connectivity index (χ4v) is 3.17. The van der Waals surface area contributed by atoms with Crippen molar-refractivity contribution in [1.29, 1.82) is 0 Å². The number of amides is 1. The van der Waals surface area contributed by atoms with Crippen LogP contribution in [0.3, 0.4) is 0 Å². The van der Waals surface area contributed by atoms with Crippen LogP contribution in [0.1, 0.15) is 25.8 Å². The predicted octanol–water partition coefficient (Wildman–Crippen LogP) is -3.02. The number of nitrogens with zero attached hydrogens (tertiary/aromatic N) is 3. The molecule has 1 aliphatic rings. The molecular weight excluding hydrogens is 373 g/mol. The van der Waals surface area contributed by atoms with Gasteiger partial charge in [-0.2, -0.15) is 8.42 Å². The number of hydrogen-bond donors (Lipinski definition) is 1. The zero-order valence-electron chi connectivity index (χ0n) is 14.7. The molecule has 2 atom stereocenters. The smallest absolute Gasteiger partial charge is 0.862 e. The maximum Gasteiger partial charge on any atom is 1.00 e. The van der Waals surface area contributed by atoms with Gasteiger partial charge in [0, 0.05) is 6.42 Å². The number of hydrogen-bond acceptors (Lipinski definition) is 7. The Hall–Kier alpha value is -1.46. The van der Waals surface area contributed by atoms with E-state index in [-0.39, 0.29) is 42.6 Å². The monoisotopic (exact) mass is 391 g/mol. The standard InChI is InChI=1S/C15H19N3O6S.Na/c1-10(12-6-4-3-5-7-12)17-24-9-8-13(19)16-14-11(2)18(15(14)20)25(21,22)23;/h3-7,11,14H,8-9H2,1-2H3,(H,16,19)(H,21,22,23);/q;+1/p-1/b17-10+;/t11-,14-;/m0./s1. The van der Waals surface area contributed by atoms with Gasteiger partial charge in [-0.25, -0.2) is 4.31 Å². The largest absolute Gasteiger partial charge is 1.00 e. The molecule has 0 spiro atoms. The van der Waals surface area contributed by atoms with E-state index in [9.17, 15) is 18.3 Å². The van der Waals surface area contributed by atoms with E-state index in [0.29, 0.717) is 10.0 Å². The molecule has 2 rings (SSSR count). The van der Waals surface area contributed by atoms with Crippen LogP contribution in [0.4, 0.5) is 0 Å². The summed E-state index contributed by atoms with van der Waals surface area (Å²) in [5.41, 5.74) is 1.54. The molecule has 1 aromatic rings. The number of aliphatic imine (C=N–C) groups is 1. The van der Waals surface area contributed by atoms with Crippen LogP contribution in [0.15, 0.2) is 40.5 Å². The summed E-state index contributed by atoms with van der Waals surface area (Å²) < 4.78 is 31.1. The Kier molecular flexibility index (Phi) is 8.22. The number of carbonyl (C=O) groups excluding carboxylic acids is 1. The molecule has 1 aliphatic heterocycles. The molecule has 0 radical (unpaired) electrons. The third kappa shape index (κ3) is 5.52. The zero-order chi connectivity index (χ0) is 18.6. The number of rotatable bonds is 7. The van der Waals surface area contributed by atoms with Crippen molar-refractivity contribution in [3.05, 3.63) is 35.9 Å². The van der Waals surface area contributed by atoms with Crippen LogP contribution in [0.25, 0.3) is 0 Å². The first kappa shape index (κ1) is 22.6. The minimum absolute atomic E-state index is 0. The average molecular weight is 391 g/mol. The van der Waals surface area contributed by atoms with Gasteiger partial charge >= 0.3 is 39.9 Å². The summed E-state index contributed by atoms with van der Waals surface area (Å²) in [5.74, 6) is -1.53. The van der Waals surface area contributed by atoms with Crippen molar-refractivity contribution in [2.24, 2.45) is 10.1 Å². The van der Waals surface area contributed by atoms with Crippen molar-refractivity contribution in [2.45, 2.75) is 32.4 Å². The van der Waals surface area contributed by atoms with E-state index in [0.717, 1.165) is 5.56 Å². The number of oxime groups is 1. The van der Waals surface area contributed by atoms with Crippen LogP contribution in [0, 0.1) is 0 Å². The van der Waals surface area contributed by atoms with E-state index in [1.54, 1.807) is 6.92 Å². The molecule has 0 unspecified atom stereocenters. The molecule has 1 heterocycles. The molecule has 11 heteroatoms. The molecule has 0 bridgehead atoms. The van der Waals surface area contributed by atoms with Crippen molar-refractivity contribution in [1.82, 2.24) is 4.31 Å². The first-order chi connectivity index (χ1) is 11.7. The molecule has 0 aliphatic carbocycles. The predicted molar refractivity (Wildman–Crippen MR) is 88.3 cm³/mol. The molecule has 26 heavy (non-hydrogen) atoms. The van der Waals surface area contributed by atoms with E-state index in [1.807, 2.05) is 30.3 Å². The van der Waals surface area contributed by atoms with Crippen molar-refractivity contribution in [3.8, 4) is 0 Å². The maximum absolute atomic E-state index is 11.7. The van der Waals surface area contributed by atoms with Crippen LogP contribution >= 0.6 is 0 Å². The fourth-order valence-electron chi connectivity index (χ4n) is 2.30. The minimum atomic E-state index is -4.62. The topological polar surface area (TPSA) is 132 Å². The second kappa shape index (κ2) is 9.47. The molecule has 1 fully saturated rings. The Balaban J connectivity index is 0.00000338. The first-order valence-electron chi connectivity index (χ1n) is 7.48. The summed E-state index contributed by atoms with van der Waals surface area (Å²) >= 11 is 0. The van der Waals surface area contributed by atoms with Gasteiger partial charge in [-0.1, -0.05) is 35.5 Å². The van der Waals surface area contributed by atoms with Gasteiger partial charge < -0.3 is 9.94 Å². The molecular formula is C15H18N3NaO6S. The minimum Gasteiger partial charge on any atom is -0.862 e. The normalized spacial score (nSPS) is 21.0. The van der Waals surface area contributed by atoms with Crippen molar-refractivity contribution in [3.63, 3.8) is 0 Å².